The second-order valence-electron chi connectivity index (χ2n) is 6.56. The molecule has 3 aromatic rings. The quantitative estimate of drug-likeness (QED) is 0.634. The molecule has 0 saturated heterocycles. The lowest BCUT2D eigenvalue weighted by molar-refractivity contribution is 0.0942. The lowest BCUT2D eigenvalue weighted by Crippen LogP contribution is -2.27. The topological polar surface area (TPSA) is 58.2 Å². The highest BCUT2D eigenvalue weighted by Crippen LogP contribution is 2.06. The molecule has 0 heterocycles. The predicted molar refractivity (Wildman–Crippen MR) is 111 cm³/mol. The van der Waals surface area contributed by atoms with Crippen LogP contribution in [0, 0.1) is 0 Å². The molecule has 2 amide bonds. The normalized spacial score (nSPS) is 10.3. The Kier molecular flexibility index (Phi) is 6.96. The molecule has 0 spiro atoms. The van der Waals surface area contributed by atoms with Gasteiger partial charge in [0.25, 0.3) is 11.8 Å². The van der Waals surface area contributed by atoms with Gasteiger partial charge in [-0.3, -0.25) is 9.59 Å². The maximum atomic E-state index is 12.2. The van der Waals surface area contributed by atoms with E-state index in [1.807, 2.05) is 60.7 Å². The summed E-state index contributed by atoms with van der Waals surface area (Å²) in [6.45, 7) is 1.15. The van der Waals surface area contributed by atoms with Gasteiger partial charge in [-0.25, -0.2) is 0 Å². The first-order valence-corrected chi connectivity index (χ1v) is 9.47. The van der Waals surface area contributed by atoms with Crippen LogP contribution < -0.4 is 10.6 Å². The maximum absolute atomic E-state index is 12.2. The van der Waals surface area contributed by atoms with E-state index in [2.05, 4.69) is 10.6 Å². The minimum absolute atomic E-state index is 0.132. The molecular formula is C24H24N2O2. The zero-order valence-electron chi connectivity index (χ0n) is 15.7. The van der Waals surface area contributed by atoms with E-state index in [9.17, 15) is 9.59 Å². The lowest BCUT2D eigenvalue weighted by atomic mass is 10.1. The monoisotopic (exact) mass is 372 g/mol. The van der Waals surface area contributed by atoms with E-state index < -0.39 is 0 Å². The molecule has 142 valence electrons. The van der Waals surface area contributed by atoms with Crippen LogP contribution in [0.4, 0.5) is 0 Å². The molecule has 0 aliphatic heterocycles. The predicted octanol–water partition coefficient (Wildman–Crippen LogP) is 3.63. The number of rotatable bonds is 8. The Balaban J connectivity index is 1.44. The summed E-state index contributed by atoms with van der Waals surface area (Å²) in [5.74, 6) is -0.265. The van der Waals surface area contributed by atoms with Crippen LogP contribution in [0.15, 0.2) is 84.9 Å². The summed E-state index contributed by atoms with van der Waals surface area (Å²) in [5, 5.41) is 5.82. The highest BCUT2D eigenvalue weighted by molar-refractivity contribution is 5.97. The average Bonchev–Trinajstić information content (AvgIpc) is 2.75. The summed E-state index contributed by atoms with van der Waals surface area (Å²) >= 11 is 0. The van der Waals surface area contributed by atoms with E-state index >= 15 is 0 Å². The van der Waals surface area contributed by atoms with E-state index in [1.165, 1.54) is 11.1 Å². The highest BCUT2D eigenvalue weighted by Gasteiger charge is 2.08. The van der Waals surface area contributed by atoms with Crippen molar-refractivity contribution >= 4 is 11.8 Å². The summed E-state index contributed by atoms with van der Waals surface area (Å²) in [7, 11) is 0. The Hall–Kier alpha value is -3.40. The molecule has 28 heavy (non-hydrogen) atoms. The van der Waals surface area contributed by atoms with Crippen LogP contribution in [-0.4, -0.2) is 24.9 Å². The standard InChI is InChI=1S/C24H24N2O2/c27-23(25-17-15-19-7-3-1-4-8-19)21-11-13-22(14-12-21)24(28)26-18-16-20-9-5-2-6-10-20/h1-14H,15-18H2,(H,25,27)(H,26,28). The largest absolute Gasteiger partial charge is 0.352 e. The van der Waals surface area contributed by atoms with E-state index in [-0.39, 0.29) is 11.8 Å². The van der Waals surface area contributed by atoms with E-state index in [4.69, 9.17) is 0 Å². The Labute approximate surface area is 165 Å². The second kappa shape index (κ2) is 10.1. The molecule has 0 bridgehead atoms. The van der Waals surface area contributed by atoms with Gasteiger partial charge in [-0.15, -0.1) is 0 Å². The second-order valence-corrected chi connectivity index (χ2v) is 6.56. The van der Waals surface area contributed by atoms with Crippen LogP contribution in [0.5, 0.6) is 0 Å². The van der Waals surface area contributed by atoms with Crippen LogP contribution >= 0.6 is 0 Å². The zero-order chi connectivity index (χ0) is 19.6. The summed E-state index contributed by atoms with van der Waals surface area (Å²) in [5.41, 5.74) is 3.47. The van der Waals surface area contributed by atoms with Gasteiger partial charge >= 0.3 is 0 Å². The van der Waals surface area contributed by atoms with Gasteiger partial charge in [-0.1, -0.05) is 60.7 Å². The first-order valence-electron chi connectivity index (χ1n) is 9.47. The third-order valence-corrected chi connectivity index (χ3v) is 4.49. The minimum atomic E-state index is -0.132. The molecule has 0 aromatic heterocycles. The van der Waals surface area contributed by atoms with Crippen LogP contribution in [0.25, 0.3) is 0 Å². The molecule has 0 aliphatic rings. The van der Waals surface area contributed by atoms with Crippen molar-refractivity contribution in [1.82, 2.24) is 10.6 Å². The van der Waals surface area contributed by atoms with E-state index in [0.29, 0.717) is 24.2 Å². The first kappa shape index (κ1) is 19.4. The van der Waals surface area contributed by atoms with Crippen molar-refractivity contribution in [2.45, 2.75) is 12.8 Å². The number of hydrogen-bond acceptors (Lipinski definition) is 2. The van der Waals surface area contributed by atoms with Crippen molar-refractivity contribution < 1.29 is 9.59 Å². The van der Waals surface area contributed by atoms with Gasteiger partial charge in [0.15, 0.2) is 0 Å². The average molecular weight is 372 g/mol. The molecule has 0 saturated carbocycles. The Morgan fingerprint density at radius 3 is 1.25 bits per heavy atom. The van der Waals surface area contributed by atoms with Gasteiger partial charge in [0, 0.05) is 24.2 Å². The molecule has 4 heteroatoms. The first-order chi connectivity index (χ1) is 13.7. The molecule has 0 radical (unpaired) electrons. The van der Waals surface area contributed by atoms with Gasteiger partial charge in [0.2, 0.25) is 0 Å². The molecule has 4 nitrogen and oxygen atoms in total. The minimum Gasteiger partial charge on any atom is -0.352 e. The van der Waals surface area contributed by atoms with Crippen LogP contribution in [0.1, 0.15) is 31.8 Å². The van der Waals surface area contributed by atoms with Crippen molar-refractivity contribution in [2.24, 2.45) is 0 Å². The molecule has 2 N–H and O–H groups in total. The molecule has 0 aliphatic carbocycles. The molecule has 0 atom stereocenters. The fourth-order valence-corrected chi connectivity index (χ4v) is 2.91. The van der Waals surface area contributed by atoms with Crippen molar-refractivity contribution in [3.8, 4) is 0 Å². The molecule has 0 unspecified atom stereocenters. The van der Waals surface area contributed by atoms with Gasteiger partial charge < -0.3 is 10.6 Å². The number of nitrogens with one attached hydrogen (secondary N) is 2. The Morgan fingerprint density at radius 1 is 0.536 bits per heavy atom. The molecule has 0 fully saturated rings. The summed E-state index contributed by atoms with van der Waals surface area (Å²) in [4.78, 5) is 24.5. The number of hydrogen-bond donors (Lipinski definition) is 2. The van der Waals surface area contributed by atoms with Crippen molar-refractivity contribution in [1.29, 1.82) is 0 Å². The third-order valence-electron chi connectivity index (χ3n) is 4.49. The third kappa shape index (κ3) is 5.81. The van der Waals surface area contributed by atoms with Crippen molar-refractivity contribution in [3.05, 3.63) is 107 Å². The highest BCUT2D eigenvalue weighted by atomic mass is 16.2. The number of benzene rings is 3. The summed E-state index contributed by atoms with van der Waals surface area (Å²) < 4.78 is 0. The van der Waals surface area contributed by atoms with Crippen molar-refractivity contribution in [3.63, 3.8) is 0 Å². The molecule has 3 rings (SSSR count). The van der Waals surface area contributed by atoms with Gasteiger partial charge in [-0.2, -0.15) is 0 Å². The van der Waals surface area contributed by atoms with Gasteiger partial charge in [0.05, 0.1) is 0 Å². The summed E-state index contributed by atoms with van der Waals surface area (Å²) in [6, 6.07) is 26.8. The van der Waals surface area contributed by atoms with Crippen molar-refractivity contribution in [2.75, 3.05) is 13.1 Å². The fraction of sp³-hybridized carbons (Fsp3) is 0.167. The molecular weight excluding hydrogens is 348 g/mol. The van der Waals surface area contributed by atoms with Crippen LogP contribution in [0.3, 0.4) is 0 Å². The van der Waals surface area contributed by atoms with E-state index in [1.54, 1.807) is 24.3 Å². The smallest absolute Gasteiger partial charge is 0.251 e. The number of carbonyl (C=O) groups is 2. The molecule has 3 aromatic carbocycles. The van der Waals surface area contributed by atoms with Gasteiger partial charge in [0.1, 0.15) is 0 Å². The Morgan fingerprint density at radius 2 is 0.893 bits per heavy atom. The number of carbonyl (C=O) groups excluding carboxylic acids is 2. The van der Waals surface area contributed by atoms with Gasteiger partial charge in [-0.05, 0) is 48.2 Å². The summed E-state index contributed by atoms with van der Waals surface area (Å²) in [6.07, 6.45) is 1.57. The lowest BCUT2D eigenvalue weighted by Gasteiger charge is -2.08. The van der Waals surface area contributed by atoms with Crippen LogP contribution in [0.2, 0.25) is 0 Å². The zero-order valence-corrected chi connectivity index (χ0v) is 15.7. The number of amides is 2. The SMILES string of the molecule is O=C(NCCc1ccccc1)c1ccc(C(=O)NCCc2ccccc2)cc1. The van der Waals surface area contributed by atoms with Crippen LogP contribution in [-0.2, 0) is 12.8 Å². The van der Waals surface area contributed by atoms with E-state index in [0.717, 1.165) is 12.8 Å². The maximum Gasteiger partial charge on any atom is 0.251 e. The fourth-order valence-electron chi connectivity index (χ4n) is 2.91. The Bertz CT molecular complexity index is 814.